The highest BCUT2D eigenvalue weighted by Crippen LogP contribution is 2.42. The topological polar surface area (TPSA) is 72.5 Å². The van der Waals surface area contributed by atoms with E-state index < -0.39 is 15.0 Å². The van der Waals surface area contributed by atoms with Crippen molar-refractivity contribution in [1.29, 1.82) is 0 Å². The van der Waals surface area contributed by atoms with Gasteiger partial charge < -0.3 is 10.1 Å². The van der Waals surface area contributed by atoms with Crippen LogP contribution in [-0.4, -0.2) is 28.0 Å². The number of anilines is 1. The molecule has 0 aromatic heterocycles. The van der Waals surface area contributed by atoms with Gasteiger partial charge in [0.2, 0.25) is 0 Å². The molecule has 0 fully saturated rings. The van der Waals surface area contributed by atoms with Crippen LogP contribution >= 0.6 is 22.3 Å². The van der Waals surface area contributed by atoms with Gasteiger partial charge in [-0.15, -0.1) is 0 Å². The first-order valence-corrected chi connectivity index (χ1v) is 8.88. The van der Waals surface area contributed by atoms with Crippen molar-refractivity contribution in [3.05, 3.63) is 22.2 Å². The molecule has 1 heterocycles. The summed E-state index contributed by atoms with van der Waals surface area (Å²) in [6.07, 6.45) is 0.486. The van der Waals surface area contributed by atoms with E-state index in [1.807, 2.05) is 13.8 Å². The highest BCUT2D eigenvalue weighted by molar-refractivity contribution is 8.13. The molecule has 0 amide bonds. The zero-order valence-corrected chi connectivity index (χ0v) is 14.1. The van der Waals surface area contributed by atoms with E-state index in [1.54, 1.807) is 0 Å². The lowest BCUT2D eigenvalue weighted by Gasteiger charge is -2.34. The van der Waals surface area contributed by atoms with Gasteiger partial charge in [0, 0.05) is 17.2 Å². The van der Waals surface area contributed by atoms with E-state index in [1.165, 1.54) is 13.2 Å². The third-order valence-corrected chi connectivity index (χ3v) is 5.04. The van der Waals surface area contributed by atoms with Crippen molar-refractivity contribution >= 4 is 43.0 Å². The average Bonchev–Trinajstić information content (AvgIpc) is 2.34. The second-order valence-electron chi connectivity index (χ2n) is 5.71. The van der Waals surface area contributed by atoms with Crippen LogP contribution in [-0.2, 0) is 20.2 Å². The van der Waals surface area contributed by atoms with Gasteiger partial charge in [-0.1, -0.05) is 25.4 Å². The summed E-state index contributed by atoms with van der Waals surface area (Å²) in [7, 11) is 2.73. The number of carbonyl (C=O) groups is 1. The van der Waals surface area contributed by atoms with E-state index in [4.69, 9.17) is 27.0 Å². The van der Waals surface area contributed by atoms with Crippen molar-refractivity contribution in [2.75, 3.05) is 19.0 Å². The minimum Gasteiger partial charge on any atom is -0.465 e. The highest BCUT2D eigenvalue weighted by atomic mass is 35.7. The predicted molar refractivity (Wildman–Crippen MR) is 81.8 cm³/mol. The van der Waals surface area contributed by atoms with Gasteiger partial charge in [0.05, 0.1) is 23.4 Å². The lowest BCUT2D eigenvalue weighted by Crippen LogP contribution is -2.33. The number of hydrogen-bond acceptors (Lipinski definition) is 5. The van der Waals surface area contributed by atoms with Crippen LogP contribution in [0.4, 0.5) is 5.69 Å². The van der Waals surface area contributed by atoms with Gasteiger partial charge >= 0.3 is 5.97 Å². The number of fused-ring (bicyclic) bond motifs is 1. The minimum atomic E-state index is -3.98. The van der Waals surface area contributed by atoms with Gasteiger partial charge in [0.15, 0.2) is 0 Å². The number of ether oxygens (including phenoxy) is 1. The molecular formula is C13H15Cl2NO4S. The molecule has 0 spiro atoms. The molecular weight excluding hydrogens is 337 g/mol. The van der Waals surface area contributed by atoms with Crippen LogP contribution in [0.1, 0.15) is 29.8 Å². The van der Waals surface area contributed by atoms with Gasteiger partial charge in [-0.3, -0.25) is 0 Å². The molecule has 5 nitrogen and oxygen atoms in total. The molecule has 0 unspecified atom stereocenters. The largest absolute Gasteiger partial charge is 0.465 e. The van der Waals surface area contributed by atoms with Crippen molar-refractivity contribution in [3.63, 3.8) is 0 Å². The summed E-state index contributed by atoms with van der Waals surface area (Å²) >= 11 is 6.09. The van der Waals surface area contributed by atoms with Gasteiger partial charge in [-0.25, -0.2) is 13.2 Å². The first-order valence-electron chi connectivity index (χ1n) is 6.19. The number of carbonyl (C=O) groups excluding carboxylic acids is 1. The maximum atomic E-state index is 12.0. The molecule has 0 bridgehead atoms. The van der Waals surface area contributed by atoms with E-state index in [0.29, 0.717) is 24.2 Å². The van der Waals surface area contributed by atoms with Crippen LogP contribution in [0.15, 0.2) is 11.0 Å². The summed E-state index contributed by atoms with van der Waals surface area (Å²) in [6.45, 7) is 4.56. The number of rotatable bonds is 2. The third kappa shape index (κ3) is 3.12. The Hall–Kier alpha value is -0.980. The average molecular weight is 352 g/mol. The van der Waals surface area contributed by atoms with Crippen molar-refractivity contribution in [2.45, 2.75) is 25.2 Å². The summed E-state index contributed by atoms with van der Waals surface area (Å²) in [5, 5.41) is 3.06. The lowest BCUT2D eigenvalue weighted by atomic mass is 9.80. The SMILES string of the molecule is COC(=O)c1c(Cl)cc(S(=O)(=O)Cl)c2c1CC(C)(C)CN2. The fourth-order valence-corrected chi connectivity index (χ4v) is 3.86. The van der Waals surface area contributed by atoms with Crippen molar-refractivity contribution < 1.29 is 17.9 Å². The summed E-state index contributed by atoms with van der Waals surface area (Å²) in [5.74, 6) is -0.603. The van der Waals surface area contributed by atoms with Crippen molar-refractivity contribution in [2.24, 2.45) is 5.41 Å². The molecule has 1 aromatic rings. The summed E-state index contributed by atoms with van der Waals surface area (Å²) < 4.78 is 28.2. The lowest BCUT2D eigenvalue weighted by molar-refractivity contribution is 0.0599. The zero-order valence-electron chi connectivity index (χ0n) is 11.8. The maximum Gasteiger partial charge on any atom is 0.339 e. The summed E-state index contributed by atoms with van der Waals surface area (Å²) in [6, 6.07) is 1.18. The Bertz CT molecular complexity index is 713. The Morgan fingerprint density at radius 3 is 2.57 bits per heavy atom. The van der Waals surface area contributed by atoms with Crippen LogP contribution in [0, 0.1) is 5.41 Å². The van der Waals surface area contributed by atoms with E-state index >= 15 is 0 Å². The Kier molecular flexibility index (Phi) is 4.17. The molecule has 0 aliphatic carbocycles. The fourth-order valence-electron chi connectivity index (χ4n) is 2.43. The van der Waals surface area contributed by atoms with Crippen LogP contribution in [0.3, 0.4) is 0 Å². The van der Waals surface area contributed by atoms with Gasteiger partial charge in [-0.05, 0) is 23.5 Å². The first kappa shape index (κ1) is 16.4. The normalized spacial score (nSPS) is 16.8. The standard InChI is InChI=1S/C13H15Cl2NO4S/c1-13(2)5-7-10(12(17)20-3)8(14)4-9(21(15,18)19)11(7)16-6-13/h4,16H,5-6H2,1-3H3. The van der Waals surface area contributed by atoms with Crippen LogP contribution < -0.4 is 5.32 Å². The molecule has 2 rings (SSSR count). The number of methoxy groups -OCH3 is 1. The Balaban J connectivity index is 2.80. The predicted octanol–water partition coefficient (Wildman–Crippen LogP) is 3.05. The number of esters is 1. The zero-order chi connectivity index (χ0) is 16.0. The van der Waals surface area contributed by atoms with Gasteiger partial charge in [-0.2, -0.15) is 0 Å². The molecule has 0 radical (unpaired) electrons. The molecule has 8 heteroatoms. The molecule has 1 N–H and O–H groups in total. The smallest absolute Gasteiger partial charge is 0.339 e. The molecule has 0 atom stereocenters. The number of halogens is 2. The molecule has 1 aromatic carbocycles. The molecule has 1 aliphatic rings. The molecule has 21 heavy (non-hydrogen) atoms. The van der Waals surface area contributed by atoms with Crippen molar-refractivity contribution in [3.8, 4) is 0 Å². The van der Waals surface area contributed by atoms with Crippen LogP contribution in [0.25, 0.3) is 0 Å². The van der Waals surface area contributed by atoms with E-state index in [9.17, 15) is 13.2 Å². The first-order chi connectivity index (χ1) is 9.57. The monoisotopic (exact) mass is 351 g/mol. The molecule has 1 aliphatic heterocycles. The highest BCUT2D eigenvalue weighted by Gasteiger charge is 2.34. The third-order valence-electron chi connectivity index (χ3n) is 3.40. The fraction of sp³-hybridized carbons (Fsp3) is 0.462. The number of benzene rings is 1. The number of hydrogen-bond donors (Lipinski definition) is 1. The Morgan fingerprint density at radius 2 is 2.05 bits per heavy atom. The van der Waals surface area contributed by atoms with Gasteiger partial charge in [0.1, 0.15) is 4.90 Å². The van der Waals surface area contributed by atoms with E-state index in [-0.39, 0.29) is 20.9 Å². The molecule has 0 saturated heterocycles. The maximum absolute atomic E-state index is 12.0. The Labute approximate surface area is 133 Å². The second kappa shape index (κ2) is 5.34. The minimum absolute atomic E-state index is 0.0133. The number of nitrogens with one attached hydrogen (secondary N) is 1. The second-order valence-corrected chi connectivity index (χ2v) is 8.65. The van der Waals surface area contributed by atoms with E-state index in [2.05, 4.69) is 5.32 Å². The van der Waals surface area contributed by atoms with E-state index in [0.717, 1.165) is 0 Å². The summed E-state index contributed by atoms with van der Waals surface area (Å²) in [4.78, 5) is 11.8. The van der Waals surface area contributed by atoms with Crippen LogP contribution in [0.5, 0.6) is 0 Å². The Morgan fingerprint density at radius 1 is 1.43 bits per heavy atom. The van der Waals surface area contributed by atoms with Crippen molar-refractivity contribution in [1.82, 2.24) is 0 Å². The quantitative estimate of drug-likeness (QED) is 0.654. The molecule has 0 saturated carbocycles. The molecule has 116 valence electrons. The van der Waals surface area contributed by atoms with Crippen LogP contribution in [0.2, 0.25) is 5.02 Å². The summed E-state index contributed by atoms with van der Waals surface area (Å²) in [5.41, 5.74) is 0.866. The van der Waals surface area contributed by atoms with Gasteiger partial charge in [0.25, 0.3) is 9.05 Å².